The van der Waals surface area contributed by atoms with Gasteiger partial charge in [0.05, 0.1) is 19.2 Å². The van der Waals surface area contributed by atoms with E-state index in [0.717, 1.165) is 0 Å². The average molecular weight is 296 g/mol. The van der Waals surface area contributed by atoms with E-state index in [1.54, 1.807) is 25.3 Å². The third kappa shape index (κ3) is 3.71. The van der Waals surface area contributed by atoms with E-state index < -0.39 is 0 Å². The third-order valence-corrected chi connectivity index (χ3v) is 2.86. The number of nitrogens with one attached hydrogen (secondary N) is 1. The number of halogens is 1. The van der Waals surface area contributed by atoms with Crippen LogP contribution in [0.2, 0.25) is 5.02 Å². The van der Waals surface area contributed by atoms with Crippen LogP contribution in [0.15, 0.2) is 22.6 Å². The summed E-state index contributed by atoms with van der Waals surface area (Å²) in [6.45, 7) is 6.73. The summed E-state index contributed by atoms with van der Waals surface area (Å²) in [5.41, 5.74) is 0.678. The van der Waals surface area contributed by atoms with E-state index in [1.807, 2.05) is 0 Å². The lowest BCUT2D eigenvalue weighted by molar-refractivity contribution is 0.382. The zero-order valence-electron chi connectivity index (χ0n) is 12.0. The highest BCUT2D eigenvalue weighted by atomic mass is 35.5. The fourth-order valence-electron chi connectivity index (χ4n) is 1.62. The normalized spacial score (nSPS) is 11.7. The van der Waals surface area contributed by atoms with E-state index in [-0.39, 0.29) is 5.54 Å². The summed E-state index contributed by atoms with van der Waals surface area (Å²) < 4.78 is 10.9. The van der Waals surface area contributed by atoms with Crippen molar-refractivity contribution in [2.24, 2.45) is 0 Å². The van der Waals surface area contributed by atoms with Crippen molar-refractivity contribution >= 4 is 11.6 Å². The third-order valence-electron chi connectivity index (χ3n) is 2.63. The highest BCUT2D eigenvalue weighted by Crippen LogP contribution is 2.31. The molecule has 0 aliphatic carbocycles. The molecule has 0 bridgehead atoms. The Hall–Kier alpha value is -1.59. The van der Waals surface area contributed by atoms with Crippen molar-refractivity contribution in [1.29, 1.82) is 0 Å². The number of benzene rings is 1. The topological polar surface area (TPSA) is 60.2 Å². The van der Waals surface area contributed by atoms with Gasteiger partial charge in [-0.25, -0.2) is 0 Å². The van der Waals surface area contributed by atoms with Crippen molar-refractivity contribution < 1.29 is 9.15 Å². The summed E-state index contributed by atoms with van der Waals surface area (Å²) in [7, 11) is 1.59. The van der Waals surface area contributed by atoms with E-state index in [2.05, 4.69) is 36.3 Å². The molecule has 6 heteroatoms. The zero-order valence-corrected chi connectivity index (χ0v) is 12.8. The zero-order chi connectivity index (χ0) is 14.8. The molecule has 1 aromatic carbocycles. The first-order valence-electron chi connectivity index (χ1n) is 6.30. The van der Waals surface area contributed by atoms with E-state index in [4.69, 9.17) is 20.8 Å². The summed E-state index contributed by atoms with van der Waals surface area (Å²) in [6, 6.07) is 5.27. The maximum atomic E-state index is 5.99. The summed E-state index contributed by atoms with van der Waals surface area (Å²) in [5.74, 6) is 1.57. The van der Waals surface area contributed by atoms with Crippen LogP contribution in [-0.4, -0.2) is 22.8 Å². The van der Waals surface area contributed by atoms with E-state index in [1.165, 1.54) is 0 Å². The minimum Gasteiger partial charge on any atom is -0.496 e. The van der Waals surface area contributed by atoms with Gasteiger partial charge in [0.2, 0.25) is 5.89 Å². The molecular formula is C14H18ClN3O2. The second-order valence-corrected chi connectivity index (χ2v) is 5.89. The highest BCUT2D eigenvalue weighted by Gasteiger charge is 2.16. The lowest BCUT2D eigenvalue weighted by Crippen LogP contribution is -2.35. The molecule has 0 amide bonds. The van der Waals surface area contributed by atoms with Crippen LogP contribution in [0.5, 0.6) is 5.75 Å². The Morgan fingerprint density at radius 2 is 2.05 bits per heavy atom. The van der Waals surface area contributed by atoms with Gasteiger partial charge in [-0.15, -0.1) is 10.2 Å². The first kappa shape index (κ1) is 14.8. The standard InChI is InChI=1S/C14H18ClN3O2/c1-14(2,3)16-8-12-17-18-13(20-12)10-7-9(15)5-6-11(10)19-4/h5-7,16H,8H2,1-4H3. The minimum absolute atomic E-state index is 0.0115. The molecular weight excluding hydrogens is 278 g/mol. The SMILES string of the molecule is COc1ccc(Cl)cc1-c1nnc(CNC(C)(C)C)o1. The van der Waals surface area contributed by atoms with Gasteiger partial charge in [0.25, 0.3) is 5.89 Å². The van der Waals surface area contributed by atoms with Crippen LogP contribution >= 0.6 is 11.6 Å². The Bertz CT molecular complexity index is 590. The average Bonchev–Trinajstić information content (AvgIpc) is 2.84. The molecule has 108 valence electrons. The Kier molecular flexibility index (Phi) is 4.30. The molecule has 0 atom stereocenters. The second kappa shape index (κ2) is 5.81. The van der Waals surface area contributed by atoms with Gasteiger partial charge in [0, 0.05) is 10.6 Å². The Morgan fingerprint density at radius 1 is 1.30 bits per heavy atom. The quantitative estimate of drug-likeness (QED) is 0.938. The molecule has 0 saturated carbocycles. The lowest BCUT2D eigenvalue weighted by atomic mass is 10.1. The van der Waals surface area contributed by atoms with Crippen LogP contribution in [0.25, 0.3) is 11.5 Å². The monoisotopic (exact) mass is 295 g/mol. The summed E-state index contributed by atoms with van der Waals surface area (Å²) in [5, 5.41) is 11.9. The molecule has 0 saturated heterocycles. The molecule has 5 nitrogen and oxygen atoms in total. The predicted molar refractivity (Wildman–Crippen MR) is 77.9 cm³/mol. The number of hydrogen-bond donors (Lipinski definition) is 1. The van der Waals surface area contributed by atoms with Crippen molar-refractivity contribution in [1.82, 2.24) is 15.5 Å². The molecule has 2 rings (SSSR count). The number of hydrogen-bond acceptors (Lipinski definition) is 5. The van der Waals surface area contributed by atoms with Crippen LogP contribution in [-0.2, 0) is 6.54 Å². The van der Waals surface area contributed by atoms with E-state index >= 15 is 0 Å². The lowest BCUT2D eigenvalue weighted by Gasteiger charge is -2.18. The Morgan fingerprint density at radius 3 is 2.70 bits per heavy atom. The fourth-order valence-corrected chi connectivity index (χ4v) is 1.79. The Labute approximate surface area is 123 Å². The van der Waals surface area contributed by atoms with Crippen LogP contribution in [0.3, 0.4) is 0 Å². The molecule has 2 aromatic rings. The molecule has 0 fully saturated rings. The minimum atomic E-state index is -0.0115. The van der Waals surface area contributed by atoms with Crippen LogP contribution in [0.1, 0.15) is 26.7 Å². The number of rotatable bonds is 4. The maximum Gasteiger partial charge on any atom is 0.251 e. The first-order chi connectivity index (χ1) is 9.39. The van der Waals surface area contributed by atoms with E-state index in [0.29, 0.717) is 34.7 Å². The molecule has 20 heavy (non-hydrogen) atoms. The highest BCUT2D eigenvalue weighted by molar-refractivity contribution is 6.30. The molecule has 0 aliphatic heterocycles. The number of aromatic nitrogens is 2. The van der Waals surface area contributed by atoms with E-state index in [9.17, 15) is 0 Å². The first-order valence-corrected chi connectivity index (χ1v) is 6.68. The molecule has 1 heterocycles. The second-order valence-electron chi connectivity index (χ2n) is 5.45. The number of methoxy groups -OCH3 is 1. The van der Waals surface area contributed by atoms with Gasteiger partial charge in [-0.2, -0.15) is 0 Å². The maximum absolute atomic E-state index is 5.99. The van der Waals surface area contributed by atoms with Gasteiger partial charge >= 0.3 is 0 Å². The fraction of sp³-hybridized carbons (Fsp3) is 0.429. The molecule has 1 N–H and O–H groups in total. The summed E-state index contributed by atoms with van der Waals surface area (Å²) >= 11 is 5.99. The van der Waals surface area contributed by atoms with Crippen molar-refractivity contribution in [2.45, 2.75) is 32.9 Å². The van der Waals surface area contributed by atoms with Crippen molar-refractivity contribution in [3.63, 3.8) is 0 Å². The van der Waals surface area contributed by atoms with Gasteiger partial charge in [-0.1, -0.05) is 11.6 Å². The molecule has 0 aliphatic rings. The van der Waals surface area contributed by atoms with Crippen LogP contribution in [0, 0.1) is 0 Å². The summed E-state index contributed by atoms with van der Waals surface area (Å²) in [4.78, 5) is 0. The predicted octanol–water partition coefficient (Wildman–Crippen LogP) is 3.29. The van der Waals surface area contributed by atoms with Gasteiger partial charge in [-0.3, -0.25) is 0 Å². The van der Waals surface area contributed by atoms with Gasteiger partial charge in [-0.05, 0) is 39.0 Å². The largest absolute Gasteiger partial charge is 0.496 e. The van der Waals surface area contributed by atoms with Crippen LogP contribution < -0.4 is 10.1 Å². The van der Waals surface area contributed by atoms with Crippen molar-refractivity contribution in [3.05, 3.63) is 29.1 Å². The van der Waals surface area contributed by atoms with Crippen LogP contribution in [0.4, 0.5) is 0 Å². The molecule has 0 spiro atoms. The number of nitrogens with zero attached hydrogens (tertiary/aromatic N) is 2. The van der Waals surface area contributed by atoms with Crippen molar-refractivity contribution in [3.8, 4) is 17.2 Å². The molecule has 0 radical (unpaired) electrons. The Balaban J connectivity index is 2.22. The molecule has 1 aromatic heterocycles. The van der Waals surface area contributed by atoms with Crippen molar-refractivity contribution in [2.75, 3.05) is 7.11 Å². The van der Waals surface area contributed by atoms with Gasteiger partial charge < -0.3 is 14.5 Å². The summed E-state index contributed by atoms with van der Waals surface area (Å²) in [6.07, 6.45) is 0. The molecule has 0 unspecified atom stereocenters. The smallest absolute Gasteiger partial charge is 0.251 e. The van der Waals surface area contributed by atoms with Gasteiger partial charge in [0.15, 0.2) is 0 Å². The van der Waals surface area contributed by atoms with Gasteiger partial charge in [0.1, 0.15) is 5.75 Å². The number of ether oxygens (including phenoxy) is 1.